The second kappa shape index (κ2) is 12.0. The van der Waals surface area contributed by atoms with Gasteiger partial charge in [-0.3, -0.25) is 9.63 Å². The Hall–Kier alpha value is -4.66. The summed E-state index contributed by atoms with van der Waals surface area (Å²) in [6, 6.07) is 15.2. The number of hydrogen-bond donors (Lipinski definition) is 2. The summed E-state index contributed by atoms with van der Waals surface area (Å²) in [7, 11) is 3.71. The zero-order chi connectivity index (χ0) is 28.1. The smallest absolute Gasteiger partial charge is 0.247 e. The third-order valence-corrected chi connectivity index (χ3v) is 7.05. The van der Waals surface area contributed by atoms with E-state index in [1.54, 1.807) is 24.3 Å². The van der Waals surface area contributed by atoms with Gasteiger partial charge in [0, 0.05) is 44.7 Å². The van der Waals surface area contributed by atoms with E-state index in [1.807, 2.05) is 30.3 Å². The zero-order valence-corrected chi connectivity index (χ0v) is 22.6. The summed E-state index contributed by atoms with van der Waals surface area (Å²) in [4.78, 5) is 31.6. The predicted octanol–water partition coefficient (Wildman–Crippen LogP) is 3.86. The SMILES string of the molecule is C=CC(=O)Nc1cc(Nc2cc(N3OCC[C@@H]3c3cccc(C#N)c3)ncn2)c(OC)cc1N1CCN(C)CC1. The Morgan fingerprint density at radius 1 is 1.18 bits per heavy atom. The van der Waals surface area contributed by atoms with Gasteiger partial charge in [0.15, 0.2) is 5.82 Å². The fourth-order valence-corrected chi connectivity index (χ4v) is 4.92. The van der Waals surface area contributed by atoms with Crippen molar-refractivity contribution in [2.45, 2.75) is 12.5 Å². The Labute approximate surface area is 233 Å². The molecule has 2 aliphatic rings. The maximum Gasteiger partial charge on any atom is 0.247 e. The standard InChI is InChI=1S/C29H32N8O3/c1-4-29(38)34-22-15-23(26(39-3)16-25(22)36-11-9-35(2)10-12-36)33-27-17-28(32-19-31-27)37-24(8-13-40-37)21-7-5-6-20(14-21)18-30/h4-7,14-17,19,24H,1,8-13H2,2-3H3,(H,34,38)(H,31,32,33)/t24-/m1/s1. The van der Waals surface area contributed by atoms with E-state index in [2.05, 4.69) is 50.1 Å². The van der Waals surface area contributed by atoms with Crippen LogP contribution in [-0.4, -0.2) is 67.7 Å². The number of carbonyl (C=O) groups is 1. The van der Waals surface area contributed by atoms with Crippen molar-refractivity contribution in [3.8, 4) is 11.8 Å². The lowest BCUT2D eigenvalue weighted by molar-refractivity contribution is -0.111. The van der Waals surface area contributed by atoms with Gasteiger partial charge in [0.1, 0.15) is 17.9 Å². The van der Waals surface area contributed by atoms with E-state index < -0.39 is 0 Å². The number of benzene rings is 2. The first-order valence-electron chi connectivity index (χ1n) is 13.1. The number of nitrogens with zero attached hydrogens (tertiary/aromatic N) is 6. The third kappa shape index (κ3) is 5.83. The van der Waals surface area contributed by atoms with E-state index in [0.717, 1.165) is 43.9 Å². The second-order valence-electron chi connectivity index (χ2n) is 9.64. The van der Waals surface area contributed by atoms with Crippen molar-refractivity contribution in [3.05, 3.63) is 72.6 Å². The molecule has 11 nitrogen and oxygen atoms in total. The van der Waals surface area contributed by atoms with Crippen molar-refractivity contribution < 1.29 is 14.4 Å². The van der Waals surface area contributed by atoms with E-state index in [9.17, 15) is 10.1 Å². The molecule has 0 saturated carbocycles. The summed E-state index contributed by atoms with van der Waals surface area (Å²) in [5, 5.41) is 17.3. The van der Waals surface area contributed by atoms with Crippen LogP contribution in [0.15, 0.2) is 61.4 Å². The summed E-state index contributed by atoms with van der Waals surface area (Å²) >= 11 is 0. The summed E-state index contributed by atoms with van der Waals surface area (Å²) in [5.41, 5.74) is 3.73. The van der Waals surface area contributed by atoms with E-state index in [1.165, 1.54) is 12.4 Å². The first kappa shape index (κ1) is 26.9. The molecule has 0 unspecified atom stereocenters. The van der Waals surface area contributed by atoms with Crippen LogP contribution in [0.3, 0.4) is 0 Å². The van der Waals surface area contributed by atoms with Crippen LogP contribution in [0.1, 0.15) is 23.6 Å². The Kier molecular flexibility index (Phi) is 8.10. The number of likely N-dealkylation sites (N-methyl/N-ethyl adjacent to an activating group) is 1. The normalized spacial score (nSPS) is 17.3. The number of rotatable bonds is 8. The van der Waals surface area contributed by atoms with E-state index >= 15 is 0 Å². The zero-order valence-electron chi connectivity index (χ0n) is 22.6. The number of hydroxylamine groups is 1. The summed E-state index contributed by atoms with van der Waals surface area (Å²) in [6.45, 7) is 7.61. The number of ether oxygens (including phenoxy) is 1. The van der Waals surface area contributed by atoms with Gasteiger partial charge in [-0.15, -0.1) is 0 Å². The molecule has 1 aromatic heterocycles. The molecule has 3 aromatic rings. The van der Waals surface area contributed by atoms with E-state index in [4.69, 9.17) is 9.57 Å². The Bertz CT molecular complexity index is 1430. The molecule has 2 saturated heterocycles. The highest BCUT2D eigenvalue weighted by atomic mass is 16.7. The number of carbonyl (C=O) groups excluding carboxylic acids is 1. The monoisotopic (exact) mass is 540 g/mol. The van der Waals surface area contributed by atoms with E-state index in [-0.39, 0.29) is 11.9 Å². The van der Waals surface area contributed by atoms with Gasteiger partial charge in [-0.05, 0) is 36.9 Å². The summed E-state index contributed by atoms with van der Waals surface area (Å²) < 4.78 is 5.75. The van der Waals surface area contributed by atoms with Crippen LogP contribution in [0.4, 0.5) is 28.7 Å². The summed E-state index contributed by atoms with van der Waals surface area (Å²) in [6.07, 6.45) is 3.48. The molecule has 0 bridgehead atoms. The first-order chi connectivity index (χ1) is 19.5. The van der Waals surface area contributed by atoms with Crippen molar-refractivity contribution in [2.24, 2.45) is 0 Å². The van der Waals surface area contributed by atoms with Crippen molar-refractivity contribution in [1.82, 2.24) is 14.9 Å². The number of nitriles is 1. The van der Waals surface area contributed by atoms with Crippen LogP contribution in [0.2, 0.25) is 0 Å². The molecule has 0 aliphatic carbocycles. The van der Waals surface area contributed by atoms with E-state index in [0.29, 0.717) is 40.9 Å². The van der Waals surface area contributed by atoms with Crippen molar-refractivity contribution >= 4 is 34.6 Å². The van der Waals surface area contributed by atoms with Crippen LogP contribution in [0, 0.1) is 11.3 Å². The molecule has 1 atom stereocenters. The van der Waals surface area contributed by atoms with Crippen molar-refractivity contribution in [1.29, 1.82) is 5.26 Å². The number of amides is 1. The highest BCUT2D eigenvalue weighted by Crippen LogP contribution is 2.40. The Balaban J connectivity index is 1.44. The maximum atomic E-state index is 12.3. The number of aromatic nitrogens is 2. The van der Waals surface area contributed by atoms with Gasteiger partial charge in [-0.25, -0.2) is 15.0 Å². The fraction of sp³-hybridized carbons (Fsp3) is 0.310. The van der Waals surface area contributed by atoms with Gasteiger partial charge in [0.05, 0.1) is 48.5 Å². The first-order valence-corrected chi connectivity index (χ1v) is 13.1. The average molecular weight is 541 g/mol. The van der Waals surface area contributed by atoms with Crippen molar-refractivity contribution in [2.75, 3.05) is 67.5 Å². The number of hydrogen-bond acceptors (Lipinski definition) is 10. The van der Waals surface area contributed by atoms with Gasteiger partial charge >= 0.3 is 0 Å². The third-order valence-electron chi connectivity index (χ3n) is 7.05. The molecule has 40 heavy (non-hydrogen) atoms. The van der Waals surface area contributed by atoms with Gasteiger partial charge in [0.25, 0.3) is 0 Å². The quantitative estimate of drug-likeness (QED) is 0.408. The molecule has 0 radical (unpaired) electrons. The van der Waals surface area contributed by atoms with Crippen LogP contribution < -0.4 is 25.3 Å². The van der Waals surface area contributed by atoms with Crippen LogP contribution in [0.5, 0.6) is 5.75 Å². The molecule has 1 amide bonds. The van der Waals surface area contributed by atoms with Gasteiger partial charge < -0.3 is 25.2 Å². The van der Waals surface area contributed by atoms with Crippen LogP contribution in [0.25, 0.3) is 0 Å². The number of piperazine rings is 1. The molecule has 5 rings (SSSR count). The second-order valence-corrected chi connectivity index (χ2v) is 9.64. The molecular weight excluding hydrogens is 508 g/mol. The molecule has 0 spiro atoms. The minimum Gasteiger partial charge on any atom is -0.494 e. The van der Waals surface area contributed by atoms with Crippen molar-refractivity contribution in [3.63, 3.8) is 0 Å². The van der Waals surface area contributed by atoms with Gasteiger partial charge in [0.2, 0.25) is 5.91 Å². The lowest BCUT2D eigenvalue weighted by Crippen LogP contribution is -2.44. The minimum atomic E-state index is -0.298. The summed E-state index contributed by atoms with van der Waals surface area (Å²) in [5.74, 6) is 1.41. The Morgan fingerprint density at radius 2 is 2.00 bits per heavy atom. The molecule has 2 fully saturated rings. The maximum absolute atomic E-state index is 12.3. The van der Waals surface area contributed by atoms with Crippen LogP contribution >= 0.6 is 0 Å². The molecule has 206 valence electrons. The molecular formula is C29H32N8O3. The molecule has 2 aromatic carbocycles. The lowest BCUT2D eigenvalue weighted by atomic mass is 10.0. The molecule has 3 heterocycles. The highest BCUT2D eigenvalue weighted by Gasteiger charge is 2.29. The van der Waals surface area contributed by atoms with Crippen LogP contribution in [-0.2, 0) is 9.63 Å². The molecule has 11 heteroatoms. The number of methoxy groups -OCH3 is 1. The molecule has 2 N–H and O–H groups in total. The topological polar surface area (TPSA) is 119 Å². The molecule has 2 aliphatic heterocycles. The number of nitrogens with one attached hydrogen (secondary N) is 2. The predicted molar refractivity (Wildman–Crippen MR) is 154 cm³/mol. The largest absolute Gasteiger partial charge is 0.494 e. The van der Waals surface area contributed by atoms with Gasteiger partial charge in [-0.1, -0.05) is 18.7 Å². The van der Waals surface area contributed by atoms with Gasteiger partial charge in [-0.2, -0.15) is 5.26 Å². The average Bonchev–Trinajstić information content (AvgIpc) is 3.48. The Morgan fingerprint density at radius 3 is 2.75 bits per heavy atom. The fourth-order valence-electron chi connectivity index (χ4n) is 4.92. The highest BCUT2D eigenvalue weighted by molar-refractivity contribution is 6.02. The minimum absolute atomic E-state index is 0.0887. The number of anilines is 5. The lowest BCUT2D eigenvalue weighted by Gasteiger charge is -2.35.